The Morgan fingerprint density at radius 3 is 2.88 bits per heavy atom. The van der Waals surface area contributed by atoms with E-state index >= 15 is 0 Å². The van der Waals surface area contributed by atoms with Crippen LogP contribution in [0.25, 0.3) is 0 Å². The smallest absolute Gasteiger partial charge is 0.245 e. The van der Waals surface area contributed by atoms with Crippen molar-refractivity contribution in [3.8, 4) is 0 Å². The number of aromatic nitrogens is 3. The summed E-state index contributed by atoms with van der Waals surface area (Å²) < 4.78 is 27.8. The Morgan fingerprint density at radius 1 is 1.19 bits per heavy atom. The molecule has 2 aliphatic rings. The lowest BCUT2D eigenvalue weighted by atomic mass is 10.0. The van der Waals surface area contributed by atoms with Crippen LogP contribution in [-0.2, 0) is 23.0 Å². The van der Waals surface area contributed by atoms with Gasteiger partial charge in [-0.1, -0.05) is 6.42 Å². The SMILES string of the molecule is CN1CCc2nc([C@@H]3CCCCN3S(=O)(=O)c3cccnc3)ncc2C1. The zero-order chi connectivity index (χ0) is 18.1. The van der Waals surface area contributed by atoms with E-state index in [1.807, 2.05) is 6.20 Å². The Labute approximate surface area is 154 Å². The lowest BCUT2D eigenvalue weighted by Crippen LogP contribution is -2.39. The predicted molar refractivity (Wildman–Crippen MR) is 96.8 cm³/mol. The van der Waals surface area contributed by atoms with Gasteiger partial charge in [-0.25, -0.2) is 18.4 Å². The van der Waals surface area contributed by atoms with Gasteiger partial charge in [-0.05, 0) is 32.0 Å². The van der Waals surface area contributed by atoms with Crippen LogP contribution in [0.5, 0.6) is 0 Å². The molecule has 2 aliphatic heterocycles. The van der Waals surface area contributed by atoms with Crippen LogP contribution in [0.4, 0.5) is 0 Å². The first-order valence-electron chi connectivity index (χ1n) is 9.01. The fourth-order valence-corrected chi connectivity index (χ4v) is 5.34. The molecule has 0 N–H and O–H groups in total. The summed E-state index contributed by atoms with van der Waals surface area (Å²) in [5.41, 5.74) is 2.19. The number of fused-ring (bicyclic) bond motifs is 1. The van der Waals surface area contributed by atoms with Gasteiger partial charge in [0.15, 0.2) is 0 Å². The van der Waals surface area contributed by atoms with E-state index in [-0.39, 0.29) is 10.9 Å². The highest BCUT2D eigenvalue weighted by Crippen LogP contribution is 2.34. The average molecular weight is 373 g/mol. The Kier molecular flexibility index (Phi) is 4.73. The molecule has 2 aromatic heterocycles. The summed E-state index contributed by atoms with van der Waals surface area (Å²) >= 11 is 0. The van der Waals surface area contributed by atoms with E-state index in [2.05, 4.69) is 21.9 Å². The van der Waals surface area contributed by atoms with Crippen LogP contribution in [0.3, 0.4) is 0 Å². The van der Waals surface area contributed by atoms with Crippen molar-refractivity contribution in [3.63, 3.8) is 0 Å². The summed E-state index contributed by atoms with van der Waals surface area (Å²) in [4.78, 5) is 15.8. The van der Waals surface area contributed by atoms with Gasteiger partial charge in [0.1, 0.15) is 10.7 Å². The van der Waals surface area contributed by atoms with Crippen molar-refractivity contribution in [3.05, 3.63) is 47.8 Å². The molecule has 7 nitrogen and oxygen atoms in total. The number of hydrogen-bond donors (Lipinski definition) is 0. The predicted octanol–water partition coefficient (Wildman–Crippen LogP) is 1.78. The van der Waals surface area contributed by atoms with Crippen molar-refractivity contribution in [1.29, 1.82) is 0 Å². The lowest BCUT2D eigenvalue weighted by Gasteiger charge is -2.34. The highest BCUT2D eigenvalue weighted by Gasteiger charge is 2.36. The molecule has 138 valence electrons. The molecule has 1 saturated heterocycles. The third kappa shape index (κ3) is 3.24. The summed E-state index contributed by atoms with van der Waals surface area (Å²) in [6.07, 6.45) is 8.32. The van der Waals surface area contributed by atoms with E-state index < -0.39 is 10.0 Å². The highest BCUT2D eigenvalue weighted by atomic mass is 32.2. The summed E-state index contributed by atoms with van der Waals surface area (Å²) in [5.74, 6) is 0.625. The maximum atomic E-state index is 13.1. The summed E-state index contributed by atoms with van der Waals surface area (Å²) in [7, 11) is -1.52. The maximum absolute atomic E-state index is 13.1. The Morgan fingerprint density at radius 2 is 2.08 bits per heavy atom. The van der Waals surface area contributed by atoms with Crippen LogP contribution >= 0.6 is 0 Å². The van der Waals surface area contributed by atoms with E-state index in [0.29, 0.717) is 12.4 Å². The molecule has 26 heavy (non-hydrogen) atoms. The molecule has 0 bridgehead atoms. The Balaban J connectivity index is 1.68. The topological polar surface area (TPSA) is 79.3 Å². The number of likely N-dealkylation sites (N-methyl/N-ethyl adjacent to an activating group) is 1. The average Bonchev–Trinajstić information content (AvgIpc) is 2.68. The van der Waals surface area contributed by atoms with E-state index in [1.54, 1.807) is 22.6 Å². The third-order valence-electron chi connectivity index (χ3n) is 5.14. The van der Waals surface area contributed by atoms with Gasteiger partial charge in [0.25, 0.3) is 0 Å². The van der Waals surface area contributed by atoms with Crippen molar-refractivity contribution in [2.75, 3.05) is 20.1 Å². The molecule has 4 rings (SSSR count). The van der Waals surface area contributed by atoms with Crippen molar-refractivity contribution < 1.29 is 8.42 Å². The fourth-order valence-electron chi connectivity index (χ4n) is 3.72. The molecular weight excluding hydrogens is 350 g/mol. The van der Waals surface area contributed by atoms with E-state index in [4.69, 9.17) is 4.98 Å². The molecule has 0 spiro atoms. The zero-order valence-electron chi connectivity index (χ0n) is 14.9. The van der Waals surface area contributed by atoms with Crippen molar-refractivity contribution in [1.82, 2.24) is 24.2 Å². The lowest BCUT2D eigenvalue weighted by molar-refractivity contribution is 0.244. The maximum Gasteiger partial charge on any atom is 0.245 e. The minimum Gasteiger partial charge on any atom is -0.302 e. The van der Waals surface area contributed by atoms with Crippen LogP contribution in [0, 0.1) is 0 Å². The van der Waals surface area contributed by atoms with Crippen LogP contribution in [-0.4, -0.2) is 52.7 Å². The molecule has 8 heteroatoms. The minimum atomic E-state index is -3.61. The van der Waals surface area contributed by atoms with Gasteiger partial charge in [0.2, 0.25) is 10.0 Å². The molecule has 2 aromatic rings. The fraction of sp³-hybridized carbons (Fsp3) is 0.500. The number of rotatable bonds is 3. The molecule has 0 unspecified atom stereocenters. The van der Waals surface area contributed by atoms with Crippen LogP contribution in [0.15, 0.2) is 35.6 Å². The van der Waals surface area contributed by atoms with Gasteiger partial charge in [-0.2, -0.15) is 4.31 Å². The number of pyridine rings is 1. The molecule has 0 radical (unpaired) electrons. The molecule has 0 aromatic carbocycles. The molecule has 4 heterocycles. The highest BCUT2D eigenvalue weighted by molar-refractivity contribution is 7.89. The second-order valence-electron chi connectivity index (χ2n) is 7.00. The van der Waals surface area contributed by atoms with Crippen molar-refractivity contribution in [2.45, 2.75) is 43.2 Å². The largest absolute Gasteiger partial charge is 0.302 e. The van der Waals surface area contributed by atoms with E-state index in [0.717, 1.165) is 50.0 Å². The molecule has 0 amide bonds. The van der Waals surface area contributed by atoms with Crippen LogP contribution in [0.2, 0.25) is 0 Å². The first-order valence-corrected chi connectivity index (χ1v) is 10.4. The van der Waals surface area contributed by atoms with Gasteiger partial charge in [0, 0.05) is 55.9 Å². The second kappa shape index (κ2) is 7.02. The van der Waals surface area contributed by atoms with Gasteiger partial charge in [-0.15, -0.1) is 0 Å². The zero-order valence-corrected chi connectivity index (χ0v) is 15.7. The summed E-state index contributed by atoms with van der Waals surface area (Å²) in [6.45, 7) is 2.30. The van der Waals surface area contributed by atoms with Crippen LogP contribution < -0.4 is 0 Å². The first kappa shape index (κ1) is 17.5. The van der Waals surface area contributed by atoms with Gasteiger partial charge in [-0.3, -0.25) is 4.98 Å². The quantitative estimate of drug-likeness (QED) is 0.816. The monoisotopic (exact) mass is 373 g/mol. The Hall–Kier alpha value is -1.90. The molecular formula is C18H23N5O2S. The summed E-state index contributed by atoms with van der Waals surface area (Å²) in [6, 6.07) is 2.94. The van der Waals surface area contributed by atoms with Gasteiger partial charge < -0.3 is 4.90 Å². The van der Waals surface area contributed by atoms with Gasteiger partial charge in [0.05, 0.1) is 6.04 Å². The first-order chi connectivity index (χ1) is 12.6. The number of nitrogens with zero attached hydrogens (tertiary/aromatic N) is 5. The third-order valence-corrected chi connectivity index (χ3v) is 7.03. The summed E-state index contributed by atoms with van der Waals surface area (Å²) in [5, 5.41) is 0. The minimum absolute atomic E-state index is 0.228. The second-order valence-corrected chi connectivity index (χ2v) is 8.89. The normalized spacial score (nSPS) is 22.1. The number of hydrogen-bond acceptors (Lipinski definition) is 6. The number of piperidine rings is 1. The van der Waals surface area contributed by atoms with Crippen molar-refractivity contribution >= 4 is 10.0 Å². The molecule has 1 atom stereocenters. The molecule has 1 fully saturated rings. The van der Waals surface area contributed by atoms with E-state index in [9.17, 15) is 8.42 Å². The van der Waals surface area contributed by atoms with Crippen LogP contribution in [0.1, 0.15) is 42.4 Å². The standard InChI is InChI=1S/C18H23N5O2S/c1-22-10-7-16-14(13-22)11-20-18(21-16)17-6-2-3-9-23(17)26(24,25)15-5-4-8-19-12-15/h4-5,8,11-12,17H,2-3,6-7,9-10,13H2,1H3/t17-/m0/s1. The molecule has 0 saturated carbocycles. The van der Waals surface area contributed by atoms with Crippen molar-refractivity contribution in [2.24, 2.45) is 0 Å². The molecule has 0 aliphatic carbocycles. The Bertz CT molecular complexity index is 888. The van der Waals surface area contributed by atoms with E-state index in [1.165, 1.54) is 6.20 Å². The van der Waals surface area contributed by atoms with Gasteiger partial charge >= 0.3 is 0 Å². The number of sulfonamides is 1.